The lowest BCUT2D eigenvalue weighted by Gasteiger charge is -1.99. The second-order valence-corrected chi connectivity index (χ2v) is 4.52. The van der Waals surface area contributed by atoms with Gasteiger partial charge < -0.3 is 0 Å². The van der Waals surface area contributed by atoms with Crippen LogP contribution in [0.3, 0.4) is 0 Å². The monoisotopic (exact) mass is 196 g/mol. The van der Waals surface area contributed by atoms with Gasteiger partial charge >= 0.3 is 0 Å². The van der Waals surface area contributed by atoms with Gasteiger partial charge in [-0.05, 0) is 6.42 Å². The molecule has 0 aliphatic rings. The number of halogens is 1. The molecule has 0 spiro atoms. The van der Waals surface area contributed by atoms with E-state index >= 15 is 0 Å². The molecule has 0 N–H and O–H groups in total. The Kier molecular flexibility index (Phi) is 4.66. The van der Waals surface area contributed by atoms with Gasteiger partial charge in [0.2, 0.25) is 0 Å². The Morgan fingerprint density at radius 2 is 2.38 bits per heavy atom. The highest BCUT2D eigenvalue weighted by Gasteiger charge is 2.02. The Morgan fingerprint density at radius 3 is 2.50 bits per heavy atom. The van der Waals surface area contributed by atoms with E-state index < -0.39 is 0 Å². The molecule has 1 atom stereocenters. The van der Waals surface area contributed by atoms with E-state index in [1.165, 1.54) is 11.8 Å². The lowest BCUT2D eigenvalue weighted by Crippen LogP contribution is -1.91. The number of hydrogen-bond acceptors (Lipinski definition) is 2. The van der Waals surface area contributed by atoms with Crippen LogP contribution < -0.4 is 0 Å². The number of rotatable bonds is 2. The molecular formula is C5H9BrOS. The summed E-state index contributed by atoms with van der Waals surface area (Å²) in [6.07, 6.45) is 0.990. The fourth-order valence-corrected chi connectivity index (χ4v) is 1.58. The van der Waals surface area contributed by atoms with Crippen LogP contribution >= 0.6 is 27.7 Å². The fraction of sp³-hybridized carbons (Fsp3) is 0.800. The Hall–Kier alpha value is 0.500. The maximum absolute atomic E-state index is 10.3. The van der Waals surface area contributed by atoms with Crippen LogP contribution in [0.25, 0.3) is 0 Å². The van der Waals surface area contributed by atoms with Gasteiger partial charge in [-0.1, -0.05) is 34.6 Å². The molecule has 0 saturated carbocycles. The molecule has 0 aromatic heterocycles. The van der Waals surface area contributed by atoms with Crippen molar-refractivity contribution < 1.29 is 4.79 Å². The van der Waals surface area contributed by atoms with Crippen molar-refractivity contribution in [1.29, 1.82) is 0 Å². The molecule has 0 aliphatic carbocycles. The highest BCUT2D eigenvalue weighted by atomic mass is 79.9. The quantitative estimate of drug-likeness (QED) is 0.632. The third kappa shape index (κ3) is 4.65. The second-order valence-electron chi connectivity index (χ2n) is 1.43. The zero-order valence-corrected chi connectivity index (χ0v) is 7.38. The van der Waals surface area contributed by atoms with E-state index in [2.05, 4.69) is 15.9 Å². The maximum atomic E-state index is 10.3. The van der Waals surface area contributed by atoms with Crippen molar-refractivity contribution in [3.05, 3.63) is 0 Å². The molecule has 1 unspecified atom stereocenters. The Bertz CT molecular complexity index is 84.5. The summed E-state index contributed by atoms with van der Waals surface area (Å²) in [5.41, 5.74) is 0. The minimum atomic E-state index is 0.175. The van der Waals surface area contributed by atoms with Crippen LogP contribution in [0.5, 0.6) is 0 Å². The lowest BCUT2D eigenvalue weighted by molar-refractivity contribution is -0.109. The average Bonchev–Trinajstić information content (AvgIpc) is 1.65. The summed E-state index contributed by atoms with van der Waals surface area (Å²) in [4.78, 5) is 10.3. The first-order chi connectivity index (χ1) is 3.66. The number of hydrogen-bond donors (Lipinski definition) is 0. The molecule has 48 valence electrons. The summed E-state index contributed by atoms with van der Waals surface area (Å²) in [7, 11) is 0. The summed E-state index contributed by atoms with van der Waals surface area (Å²) in [6.45, 7) is 3.62. The summed E-state index contributed by atoms with van der Waals surface area (Å²) < 4.78 is 0.306. The zero-order valence-electron chi connectivity index (χ0n) is 4.98. The van der Waals surface area contributed by atoms with Crippen molar-refractivity contribution in [2.45, 2.75) is 24.4 Å². The van der Waals surface area contributed by atoms with Crippen LogP contribution in [0.1, 0.15) is 20.3 Å². The van der Waals surface area contributed by atoms with E-state index in [4.69, 9.17) is 0 Å². The predicted molar refractivity (Wildman–Crippen MR) is 41.3 cm³/mol. The fourth-order valence-electron chi connectivity index (χ4n) is 0.263. The van der Waals surface area contributed by atoms with E-state index in [1.807, 2.05) is 6.92 Å². The van der Waals surface area contributed by atoms with Gasteiger partial charge in [0.15, 0.2) is 5.12 Å². The van der Waals surface area contributed by atoms with Gasteiger partial charge in [-0.25, -0.2) is 0 Å². The van der Waals surface area contributed by atoms with Gasteiger partial charge in [-0.3, -0.25) is 4.79 Å². The molecule has 0 aliphatic heterocycles. The molecule has 0 heterocycles. The van der Waals surface area contributed by atoms with Gasteiger partial charge in [-0.15, -0.1) is 0 Å². The third-order valence-corrected chi connectivity index (χ3v) is 2.74. The largest absolute Gasteiger partial charge is 0.288 e. The average molecular weight is 197 g/mol. The number of thioether (sulfide) groups is 1. The van der Waals surface area contributed by atoms with Crippen LogP contribution in [0.4, 0.5) is 0 Å². The summed E-state index contributed by atoms with van der Waals surface area (Å²) in [5.74, 6) is 0. The highest BCUT2D eigenvalue weighted by Crippen LogP contribution is 2.20. The molecule has 0 saturated heterocycles. The van der Waals surface area contributed by atoms with Crippen molar-refractivity contribution in [1.82, 2.24) is 0 Å². The van der Waals surface area contributed by atoms with E-state index in [9.17, 15) is 4.79 Å². The first-order valence-corrected chi connectivity index (χ1v) is 4.27. The van der Waals surface area contributed by atoms with Gasteiger partial charge in [0, 0.05) is 6.92 Å². The molecule has 0 radical (unpaired) electrons. The standard InChI is InChI=1S/C5H9BrOS/c1-3-5(6)8-4(2)7/h5H,3H2,1-2H3. The van der Waals surface area contributed by atoms with Crippen LogP contribution in [0.15, 0.2) is 0 Å². The molecule has 0 rings (SSSR count). The first-order valence-electron chi connectivity index (χ1n) is 2.48. The van der Waals surface area contributed by atoms with Crippen LogP contribution in [0, 0.1) is 0 Å². The topological polar surface area (TPSA) is 17.1 Å². The van der Waals surface area contributed by atoms with E-state index in [1.54, 1.807) is 6.92 Å². The Balaban J connectivity index is 3.24. The van der Waals surface area contributed by atoms with E-state index in [-0.39, 0.29) is 5.12 Å². The van der Waals surface area contributed by atoms with Gasteiger partial charge in [-0.2, -0.15) is 0 Å². The van der Waals surface area contributed by atoms with Crippen LogP contribution in [0.2, 0.25) is 0 Å². The molecule has 0 aromatic rings. The molecule has 0 fully saturated rings. The SMILES string of the molecule is CCC(Br)SC(C)=O. The Morgan fingerprint density at radius 1 is 1.88 bits per heavy atom. The second kappa shape index (κ2) is 4.39. The molecule has 0 bridgehead atoms. The third-order valence-electron chi connectivity index (χ3n) is 0.615. The molecule has 8 heavy (non-hydrogen) atoms. The van der Waals surface area contributed by atoms with Crippen molar-refractivity contribution >= 4 is 32.8 Å². The Labute approximate surface area is 62.4 Å². The zero-order chi connectivity index (χ0) is 6.57. The van der Waals surface area contributed by atoms with Gasteiger partial charge in [0.25, 0.3) is 0 Å². The van der Waals surface area contributed by atoms with E-state index in [0.717, 1.165) is 6.42 Å². The van der Waals surface area contributed by atoms with Crippen LogP contribution in [-0.2, 0) is 4.79 Å². The van der Waals surface area contributed by atoms with Crippen LogP contribution in [-0.4, -0.2) is 9.27 Å². The molecule has 0 amide bonds. The van der Waals surface area contributed by atoms with Crippen molar-refractivity contribution in [3.63, 3.8) is 0 Å². The smallest absolute Gasteiger partial charge is 0.186 e. The minimum Gasteiger partial charge on any atom is -0.288 e. The summed E-state index contributed by atoms with van der Waals surface area (Å²) >= 11 is 4.65. The van der Waals surface area contributed by atoms with Gasteiger partial charge in [0.05, 0.1) is 4.16 Å². The van der Waals surface area contributed by atoms with Crippen molar-refractivity contribution in [3.8, 4) is 0 Å². The number of carbonyl (C=O) groups excluding carboxylic acids is 1. The number of alkyl halides is 1. The highest BCUT2D eigenvalue weighted by molar-refractivity contribution is 9.11. The van der Waals surface area contributed by atoms with Crippen molar-refractivity contribution in [2.24, 2.45) is 0 Å². The number of carbonyl (C=O) groups is 1. The predicted octanol–water partition coefficient (Wildman–Crippen LogP) is 2.40. The summed E-state index contributed by atoms with van der Waals surface area (Å²) in [5, 5.41) is 0.175. The van der Waals surface area contributed by atoms with Crippen molar-refractivity contribution in [2.75, 3.05) is 0 Å². The molecule has 0 aromatic carbocycles. The normalized spacial score (nSPS) is 13.4. The molecular weight excluding hydrogens is 188 g/mol. The van der Waals surface area contributed by atoms with E-state index in [0.29, 0.717) is 4.16 Å². The molecule has 1 nitrogen and oxygen atoms in total. The first kappa shape index (κ1) is 8.50. The lowest BCUT2D eigenvalue weighted by atomic mass is 10.6. The summed E-state index contributed by atoms with van der Waals surface area (Å²) in [6, 6.07) is 0. The molecule has 3 heteroatoms. The maximum Gasteiger partial charge on any atom is 0.186 e. The van der Waals surface area contributed by atoms with Gasteiger partial charge in [0.1, 0.15) is 0 Å². The minimum absolute atomic E-state index is 0.175.